The number of esters is 1. The zero-order valence-corrected chi connectivity index (χ0v) is 11.7. The van der Waals surface area contributed by atoms with Gasteiger partial charge in [-0.05, 0) is 20.3 Å². The lowest BCUT2D eigenvalue weighted by Crippen LogP contribution is -2.28. The van der Waals surface area contributed by atoms with Crippen molar-refractivity contribution in [2.24, 2.45) is 5.92 Å². The largest absolute Gasteiger partial charge is 0.469 e. The van der Waals surface area contributed by atoms with Gasteiger partial charge in [-0.15, -0.1) is 0 Å². The quantitative estimate of drug-likeness (QED) is 0.705. The van der Waals surface area contributed by atoms with Gasteiger partial charge in [-0.1, -0.05) is 13.8 Å². The van der Waals surface area contributed by atoms with Gasteiger partial charge in [0.1, 0.15) is 6.10 Å². The highest BCUT2D eigenvalue weighted by atomic mass is 16.8. The van der Waals surface area contributed by atoms with Crippen LogP contribution in [0.25, 0.3) is 0 Å². The molecule has 1 aliphatic carbocycles. The van der Waals surface area contributed by atoms with Crippen LogP contribution in [-0.4, -0.2) is 36.9 Å². The molecule has 1 saturated heterocycles. The van der Waals surface area contributed by atoms with E-state index in [9.17, 15) is 9.59 Å². The molecule has 0 amide bonds. The Morgan fingerprint density at radius 2 is 2.00 bits per heavy atom. The zero-order valence-electron chi connectivity index (χ0n) is 11.7. The number of Topliss-reactive ketones (excluding diaryl/α,β-unsaturated/α-hetero) is 1. The minimum Gasteiger partial charge on any atom is -0.469 e. The van der Waals surface area contributed by atoms with Crippen molar-refractivity contribution in [3.63, 3.8) is 0 Å². The van der Waals surface area contributed by atoms with Crippen LogP contribution in [0.4, 0.5) is 0 Å². The standard InChI is InChI=1S/C11H16O5.C2H6/c1-11(2)15-7-4-6(5-8(12)14-3)9(13)10(7)16-11;1-2/h6-7,10H,4-5H2,1-3H3;1-2H3/t6-,7+,10+;/m0./s1. The average molecular weight is 258 g/mol. The highest BCUT2D eigenvalue weighted by Crippen LogP contribution is 2.39. The predicted octanol–water partition coefficient (Wildman–Crippen LogP) is 1.68. The fourth-order valence-corrected chi connectivity index (χ4v) is 2.35. The molecule has 104 valence electrons. The van der Waals surface area contributed by atoms with Crippen molar-refractivity contribution in [2.75, 3.05) is 7.11 Å². The number of methoxy groups -OCH3 is 1. The van der Waals surface area contributed by atoms with Crippen LogP contribution in [0.1, 0.15) is 40.5 Å². The molecule has 1 saturated carbocycles. The van der Waals surface area contributed by atoms with Crippen LogP contribution in [-0.2, 0) is 23.8 Å². The number of ketones is 1. The summed E-state index contributed by atoms with van der Waals surface area (Å²) < 4.78 is 15.7. The maximum absolute atomic E-state index is 11.9. The first kappa shape index (κ1) is 15.1. The molecule has 0 spiro atoms. The molecule has 0 aromatic rings. The van der Waals surface area contributed by atoms with Crippen molar-refractivity contribution in [1.29, 1.82) is 0 Å². The van der Waals surface area contributed by atoms with Gasteiger partial charge in [0.25, 0.3) is 0 Å². The van der Waals surface area contributed by atoms with Gasteiger partial charge >= 0.3 is 5.97 Å². The molecule has 0 unspecified atom stereocenters. The molecule has 2 rings (SSSR count). The maximum atomic E-state index is 11.9. The topological polar surface area (TPSA) is 61.8 Å². The molecule has 0 radical (unpaired) electrons. The van der Waals surface area contributed by atoms with E-state index in [1.54, 1.807) is 13.8 Å². The lowest BCUT2D eigenvalue weighted by molar-refractivity contribution is -0.164. The molecular weight excluding hydrogens is 236 g/mol. The molecule has 3 atom stereocenters. The van der Waals surface area contributed by atoms with Crippen molar-refractivity contribution in [2.45, 2.75) is 58.5 Å². The number of hydrogen-bond donors (Lipinski definition) is 0. The Morgan fingerprint density at radius 3 is 2.50 bits per heavy atom. The first-order valence-electron chi connectivity index (χ1n) is 6.39. The first-order chi connectivity index (χ1) is 8.43. The molecule has 1 aliphatic heterocycles. The minimum atomic E-state index is -0.693. The van der Waals surface area contributed by atoms with Gasteiger partial charge < -0.3 is 14.2 Å². The SMILES string of the molecule is CC.COC(=O)C[C@@H]1C[C@H]2OC(C)(C)O[C@H]2C1=O. The summed E-state index contributed by atoms with van der Waals surface area (Å²) in [5.41, 5.74) is 0. The van der Waals surface area contributed by atoms with E-state index in [1.165, 1.54) is 7.11 Å². The van der Waals surface area contributed by atoms with Crippen LogP contribution in [0.3, 0.4) is 0 Å². The van der Waals surface area contributed by atoms with E-state index >= 15 is 0 Å². The highest BCUT2D eigenvalue weighted by Gasteiger charge is 2.53. The summed E-state index contributed by atoms with van der Waals surface area (Å²) in [6.07, 6.45) is -0.0563. The third kappa shape index (κ3) is 3.09. The Bertz CT molecular complexity index is 323. The number of carbonyl (C=O) groups is 2. The maximum Gasteiger partial charge on any atom is 0.306 e. The van der Waals surface area contributed by atoms with Gasteiger partial charge in [-0.3, -0.25) is 9.59 Å². The molecule has 0 aromatic heterocycles. The Morgan fingerprint density at radius 1 is 1.39 bits per heavy atom. The van der Waals surface area contributed by atoms with E-state index in [1.807, 2.05) is 13.8 Å². The van der Waals surface area contributed by atoms with Crippen molar-refractivity contribution in [3.05, 3.63) is 0 Å². The molecule has 5 nitrogen and oxygen atoms in total. The van der Waals surface area contributed by atoms with Gasteiger partial charge in [0, 0.05) is 5.92 Å². The van der Waals surface area contributed by atoms with E-state index in [0.717, 1.165) is 0 Å². The number of ether oxygens (including phenoxy) is 3. The molecule has 1 heterocycles. The van der Waals surface area contributed by atoms with Gasteiger partial charge in [0.05, 0.1) is 19.6 Å². The smallest absolute Gasteiger partial charge is 0.306 e. The second-order valence-electron chi connectivity index (χ2n) is 4.71. The fraction of sp³-hybridized carbons (Fsp3) is 0.846. The highest BCUT2D eigenvalue weighted by molar-refractivity contribution is 5.91. The summed E-state index contributed by atoms with van der Waals surface area (Å²) in [6.45, 7) is 7.57. The number of carbonyl (C=O) groups excluding carboxylic acids is 2. The van der Waals surface area contributed by atoms with E-state index in [4.69, 9.17) is 9.47 Å². The van der Waals surface area contributed by atoms with Crippen LogP contribution in [0.5, 0.6) is 0 Å². The van der Waals surface area contributed by atoms with E-state index < -0.39 is 11.9 Å². The third-order valence-electron chi connectivity index (χ3n) is 3.02. The summed E-state index contributed by atoms with van der Waals surface area (Å²) in [6, 6.07) is 0. The second-order valence-corrected chi connectivity index (χ2v) is 4.71. The van der Waals surface area contributed by atoms with E-state index in [0.29, 0.717) is 6.42 Å². The normalized spacial score (nSPS) is 32.5. The Hall–Kier alpha value is -0.940. The zero-order chi connectivity index (χ0) is 13.9. The molecule has 0 aromatic carbocycles. The molecule has 0 bridgehead atoms. The summed E-state index contributed by atoms with van der Waals surface area (Å²) in [5, 5.41) is 0. The van der Waals surface area contributed by atoms with Crippen molar-refractivity contribution < 1.29 is 23.8 Å². The van der Waals surface area contributed by atoms with Crippen LogP contribution < -0.4 is 0 Å². The van der Waals surface area contributed by atoms with Gasteiger partial charge in [0.2, 0.25) is 0 Å². The Kier molecular flexibility index (Phi) is 4.87. The lowest BCUT2D eigenvalue weighted by atomic mass is 10.0. The third-order valence-corrected chi connectivity index (χ3v) is 3.02. The van der Waals surface area contributed by atoms with Crippen molar-refractivity contribution in [1.82, 2.24) is 0 Å². The number of fused-ring (bicyclic) bond motifs is 1. The van der Waals surface area contributed by atoms with Crippen molar-refractivity contribution in [3.8, 4) is 0 Å². The summed E-state index contributed by atoms with van der Waals surface area (Å²) in [5.74, 6) is -1.42. The summed E-state index contributed by atoms with van der Waals surface area (Å²) in [4.78, 5) is 23.0. The molecule has 5 heteroatoms. The van der Waals surface area contributed by atoms with E-state index in [-0.39, 0.29) is 30.2 Å². The van der Waals surface area contributed by atoms with Gasteiger partial charge in [-0.25, -0.2) is 0 Å². The summed E-state index contributed by atoms with van der Waals surface area (Å²) in [7, 11) is 1.32. The van der Waals surface area contributed by atoms with E-state index in [2.05, 4.69) is 4.74 Å². The molecular formula is C13H22O5. The van der Waals surface area contributed by atoms with Crippen molar-refractivity contribution >= 4 is 11.8 Å². The van der Waals surface area contributed by atoms with Crippen LogP contribution >= 0.6 is 0 Å². The second kappa shape index (κ2) is 5.80. The lowest BCUT2D eigenvalue weighted by Gasteiger charge is -2.19. The number of rotatable bonds is 2. The fourth-order valence-electron chi connectivity index (χ4n) is 2.35. The molecule has 0 N–H and O–H groups in total. The average Bonchev–Trinajstić information content (AvgIpc) is 2.77. The molecule has 18 heavy (non-hydrogen) atoms. The molecule has 2 fully saturated rings. The summed E-state index contributed by atoms with van der Waals surface area (Å²) >= 11 is 0. The Balaban J connectivity index is 0.000000771. The predicted molar refractivity (Wildman–Crippen MR) is 64.9 cm³/mol. The first-order valence-corrected chi connectivity index (χ1v) is 6.39. The monoisotopic (exact) mass is 258 g/mol. The van der Waals surface area contributed by atoms with Gasteiger partial charge in [-0.2, -0.15) is 0 Å². The molecule has 2 aliphatic rings. The minimum absolute atomic E-state index is 0.0408. The van der Waals surface area contributed by atoms with Gasteiger partial charge in [0.15, 0.2) is 11.6 Å². The van der Waals surface area contributed by atoms with Crippen LogP contribution in [0.2, 0.25) is 0 Å². The Labute approximate surface area is 108 Å². The van der Waals surface area contributed by atoms with Crippen LogP contribution in [0, 0.1) is 5.92 Å². The number of hydrogen-bond acceptors (Lipinski definition) is 5. The van der Waals surface area contributed by atoms with Crippen LogP contribution in [0.15, 0.2) is 0 Å².